The fourth-order valence-corrected chi connectivity index (χ4v) is 4.55. The van der Waals surface area contributed by atoms with Crippen LogP contribution in [0.4, 0.5) is 0 Å². The maximum atomic E-state index is 6.53. The van der Waals surface area contributed by atoms with Crippen LogP contribution in [0.1, 0.15) is 89.9 Å². The number of likely N-dealkylation sites (tertiary alicyclic amines) is 1. The third-order valence-electron chi connectivity index (χ3n) is 5.94. The fourth-order valence-electron chi connectivity index (χ4n) is 4.55. The second-order valence-corrected chi connectivity index (χ2v) is 8.00. The number of hydrogen-bond donors (Lipinski definition) is 0. The Labute approximate surface area is 143 Å². The summed E-state index contributed by atoms with van der Waals surface area (Å²) in [5, 5.41) is 0. The van der Waals surface area contributed by atoms with Gasteiger partial charge >= 0.3 is 0 Å². The summed E-state index contributed by atoms with van der Waals surface area (Å²) in [4.78, 5) is 2.59. The minimum atomic E-state index is -0.236. The first-order valence-electron chi connectivity index (χ1n) is 10.4. The standard InChI is InChI=1S/C20H37NO2/c1-2-4-6-9-13-20(14-10-7-5-3-1)22-18-19(23-20)17-21-15-11-8-12-16-21/h19H,1-18H2/t19-/m0/s1. The number of piperidine rings is 1. The Morgan fingerprint density at radius 1 is 0.696 bits per heavy atom. The molecule has 0 amide bonds. The molecule has 134 valence electrons. The molecule has 3 rings (SSSR count). The van der Waals surface area contributed by atoms with Crippen molar-refractivity contribution in [2.45, 2.75) is 102 Å². The monoisotopic (exact) mass is 323 g/mol. The molecular weight excluding hydrogens is 286 g/mol. The van der Waals surface area contributed by atoms with Crippen LogP contribution in [0.15, 0.2) is 0 Å². The van der Waals surface area contributed by atoms with Gasteiger partial charge in [0, 0.05) is 19.4 Å². The van der Waals surface area contributed by atoms with Gasteiger partial charge in [0.05, 0.1) is 12.7 Å². The van der Waals surface area contributed by atoms with E-state index in [0.29, 0.717) is 6.10 Å². The molecule has 0 radical (unpaired) electrons. The zero-order valence-corrected chi connectivity index (χ0v) is 15.1. The lowest BCUT2D eigenvalue weighted by Crippen LogP contribution is -2.39. The molecule has 0 bridgehead atoms. The molecule has 0 aromatic heterocycles. The molecule has 3 aliphatic rings. The van der Waals surface area contributed by atoms with Crippen molar-refractivity contribution in [1.29, 1.82) is 0 Å². The first-order chi connectivity index (χ1) is 11.4. The molecule has 3 fully saturated rings. The highest BCUT2D eigenvalue weighted by atomic mass is 16.7. The molecule has 0 aromatic rings. The molecule has 23 heavy (non-hydrogen) atoms. The van der Waals surface area contributed by atoms with E-state index in [9.17, 15) is 0 Å². The lowest BCUT2D eigenvalue weighted by Gasteiger charge is -2.31. The van der Waals surface area contributed by atoms with Crippen molar-refractivity contribution in [1.82, 2.24) is 4.90 Å². The van der Waals surface area contributed by atoms with E-state index in [4.69, 9.17) is 9.47 Å². The molecule has 0 aromatic carbocycles. The molecule has 1 atom stereocenters. The summed E-state index contributed by atoms with van der Waals surface area (Å²) in [6.07, 6.45) is 19.0. The number of ether oxygens (including phenoxy) is 2. The smallest absolute Gasteiger partial charge is 0.168 e. The topological polar surface area (TPSA) is 21.7 Å². The normalized spacial score (nSPS) is 31.6. The van der Waals surface area contributed by atoms with Gasteiger partial charge in [-0.2, -0.15) is 0 Å². The van der Waals surface area contributed by atoms with Crippen LogP contribution in [0, 0.1) is 0 Å². The van der Waals surface area contributed by atoms with Crippen LogP contribution < -0.4 is 0 Å². The Morgan fingerprint density at radius 2 is 1.22 bits per heavy atom. The highest BCUT2D eigenvalue weighted by Crippen LogP contribution is 2.35. The van der Waals surface area contributed by atoms with E-state index < -0.39 is 0 Å². The van der Waals surface area contributed by atoms with Gasteiger partial charge in [-0.1, -0.05) is 51.4 Å². The van der Waals surface area contributed by atoms with Gasteiger partial charge in [-0.3, -0.25) is 0 Å². The van der Waals surface area contributed by atoms with Crippen molar-refractivity contribution in [3.8, 4) is 0 Å². The summed E-state index contributed by atoms with van der Waals surface area (Å²) in [5.74, 6) is -0.236. The second kappa shape index (κ2) is 9.39. The molecule has 1 saturated carbocycles. The number of rotatable bonds is 2. The van der Waals surface area contributed by atoms with Crippen molar-refractivity contribution in [3.63, 3.8) is 0 Å². The van der Waals surface area contributed by atoms with Crippen LogP contribution in [0.5, 0.6) is 0 Å². The zero-order valence-electron chi connectivity index (χ0n) is 15.1. The first kappa shape index (κ1) is 17.7. The van der Waals surface area contributed by atoms with Crippen molar-refractivity contribution < 1.29 is 9.47 Å². The fraction of sp³-hybridized carbons (Fsp3) is 1.00. The molecule has 0 unspecified atom stereocenters. The summed E-state index contributed by atoms with van der Waals surface area (Å²) in [6.45, 7) is 4.41. The predicted molar refractivity (Wildman–Crippen MR) is 94.6 cm³/mol. The van der Waals surface area contributed by atoms with E-state index >= 15 is 0 Å². The van der Waals surface area contributed by atoms with Gasteiger partial charge in [0.15, 0.2) is 5.79 Å². The summed E-state index contributed by atoms with van der Waals surface area (Å²) in [6, 6.07) is 0. The third-order valence-corrected chi connectivity index (χ3v) is 5.94. The summed E-state index contributed by atoms with van der Waals surface area (Å²) >= 11 is 0. The minimum Gasteiger partial charge on any atom is -0.347 e. The quantitative estimate of drug-likeness (QED) is 0.722. The Balaban J connectivity index is 1.48. The maximum absolute atomic E-state index is 6.53. The molecule has 2 aliphatic heterocycles. The third kappa shape index (κ3) is 5.72. The van der Waals surface area contributed by atoms with Gasteiger partial charge in [-0.25, -0.2) is 0 Å². The average molecular weight is 324 g/mol. The van der Waals surface area contributed by atoms with Crippen LogP contribution in [0.2, 0.25) is 0 Å². The number of hydrogen-bond acceptors (Lipinski definition) is 3. The molecule has 3 nitrogen and oxygen atoms in total. The van der Waals surface area contributed by atoms with Gasteiger partial charge in [0.2, 0.25) is 0 Å². The Kier molecular flexibility index (Phi) is 7.22. The lowest BCUT2D eigenvalue weighted by atomic mass is 9.97. The van der Waals surface area contributed by atoms with Gasteiger partial charge < -0.3 is 14.4 Å². The van der Waals surface area contributed by atoms with Gasteiger partial charge in [0.25, 0.3) is 0 Å². The number of nitrogens with zero attached hydrogens (tertiary/aromatic N) is 1. The van der Waals surface area contributed by atoms with Crippen molar-refractivity contribution >= 4 is 0 Å². The van der Waals surface area contributed by atoms with E-state index in [0.717, 1.165) is 26.0 Å². The molecule has 1 spiro atoms. The van der Waals surface area contributed by atoms with Gasteiger partial charge in [0.1, 0.15) is 0 Å². The highest BCUT2D eigenvalue weighted by molar-refractivity contribution is 4.82. The van der Waals surface area contributed by atoms with Crippen molar-refractivity contribution in [2.24, 2.45) is 0 Å². The van der Waals surface area contributed by atoms with Crippen LogP contribution in [0.3, 0.4) is 0 Å². The molecule has 2 saturated heterocycles. The average Bonchev–Trinajstić information content (AvgIpc) is 2.95. The Morgan fingerprint density at radius 3 is 1.83 bits per heavy atom. The molecule has 2 heterocycles. The van der Waals surface area contributed by atoms with Crippen LogP contribution in [-0.4, -0.2) is 43.0 Å². The van der Waals surface area contributed by atoms with E-state index in [2.05, 4.69) is 4.90 Å². The van der Waals surface area contributed by atoms with E-state index in [-0.39, 0.29) is 5.79 Å². The Bertz CT molecular complexity index is 316. The van der Waals surface area contributed by atoms with E-state index in [1.165, 1.54) is 90.1 Å². The van der Waals surface area contributed by atoms with Crippen molar-refractivity contribution in [3.05, 3.63) is 0 Å². The van der Waals surface area contributed by atoms with Crippen LogP contribution in [0.25, 0.3) is 0 Å². The summed E-state index contributed by atoms with van der Waals surface area (Å²) < 4.78 is 12.8. The van der Waals surface area contributed by atoms with Crippen LogP contribution in [-0.2, 0) is 9.47 Å². The molecular formula is C20H37NO2. The van der Waals surface area contributed by atoms with Gasteiger partial charge in [-0.15, -0.1) is 0 Å². The van der Waals surface area contributed by atoms with E-state index in [1.54, 1.807) is 0 Å². The Hall–Kier alpha value is -0.120. The molecule has 1 aliphatic carbocycles. The SMILES string of the molecule is C1CCCCCC2(CCCCC1)OC[C@H](CN1CCCCC1)O2. The lowest BCUT2D eigenvalue weighted by molar-refractivity contribution is -0.181. The minimum absolute atomic E-state index is 0.236. The molecule has 3 heteroatoms. The first-order valence-corrected chi connectivity index (χ1v) is 10.4. The summed E-state index contributed by atoms with van der Waals surface area (Å²) in [7, 11) is 0. The molecule has 0 N–H and O–H groups in total. The maximum Gasteiger partial charge on any atom is 0.168 e. The zero-order chi connectivity index (χ0) is 15.8. The van der Waals surface area contributed by atoms with Crippen molar-refractivity contribution in [2.75, 3.05) is 26.2 Å². The predicted octanol–water partition coefficient (Wildman–Crippen LogP) is 4.89. The van der Waals surface area contributed by atoms with Crippen LogP contribution >= 0.6 is 0 Å². The largest absolute Gasteiger partial charge is 0.347 e. The van der Waals surface area contributed by atoms with E-state index in [1.807, 2.05) is 0 Å². The summed E-state index contributed by atoms with van der Waals surface area (Å²) in [5.41, 5.74) is 0. The highest BCUT2D eigenvalue weighted by Gasteiger charge is 2.41. The second-order valence-electron chi connectivity index (χ2n) is 8.00. The van der Waals surface area contributed by atoms with Gasteiger partial charge in [-0.05, 0) is 38.8 Å².